The Hall–Kier alpha value is -0.870. The minimum Gasteiger partial charge on any atom is -0.336 e. The maximum atomic E-state index is 12.5. The van der Waals surface area contributed by atoms with Crippen LogP contribution >= 0.6 is 11.3 Å². The minimum atomic E-state index is 0.349. The van der Waals surface area contributed by atoms with Gasteiger partial charge in [-0.25, -0.2) is 0 Å². The lowest BCUT2D eigenvalue weighted by Gasteiger charge is -2.26. The fourth-order valence-corrected chi connectivity index (χ4v) is 4.23. The fourth-order valence-electron chi connectivity index (χ4n) is 3.52. The third kappa shape index (κ3) is 3.23. The van der Waals surface area contributed by atoms with Crippen molar-refractivity contribution in [1.29, 1.82) is 0 Å². The summed E-state index contributed by atoms with van der Waals surface area (Å²) in [6, 6.07) is 2.52. The fraction of sp³-hybridized carbons (Fsp3) is 0.688. The first-order chi connectivity index (χ1) is 9.84. The Morgan fingerprint density at radius 3 is 2.95 bits per heavy atom. The summed E-state index contributed by atoms with van der Waals surface area (Å²) in [5, 5.41) is 7.70. The first-order valence-corrected chi connectivity index (χ1v) is 8.81. The topological polar surface area (TPSA) is 32.3 Å². The maximum Gasteiger partial charge on any atom is 0.223 e. The van der Waals surface area contributed by atoms with Crippen molar-refractivity contribution in [3.63, 3.8) is 0 Å². The van der Waals surface area contributed by atoms with Crippen LogP contribution in [0.5, 0.6) is 0 Å². The average molecular weight is 292 g/mol. The Labute approximate surface area is 125 Å². The summed E-state index contributed by atoms with van der Waals surface area (Å²) < 4.78 is 0. The molecule has 1 unspecified atom stereocenters. The summed E-state index contributed by atoms with van der Waals surface area (Å²) in [7, 11) is 0. The molecule has 0 bridgehead atoms. The molecular formula is C16H24N2OS. The highest BCUT2D eigenvalue weighted by molar-refractivity contribution is 7.07. The second kappa shape index (κ2) is 6.72. The van der Waals surface area contributed by atoms with Crippen molar-refractivity contribution in [3.05, 3.63) is 22.4 Å². The molecule has 0 saturated carbocycles. The van der Waals surface area contributed by atoms with E-state index in [2.05, 4.69) is 27.0 Å². The van der Waals surface area contributed by atoms with E-state index in [1.54, 1.807) is 11.3 Å². The van der Waals surface area contributed by atoms with Gasteiger partial charge in [0.2, 0.25) is 5.91 Å². The van der Waals surface area contributed by atoms with Crippen LogP contribution in [0, 0.1) is 5.92 Å². The molecule has 1 atom stereocenters. The molecule has 0 aliphatic carbocycles. The van der Waals surface area contributed by atoms with E-state index in [1.165, 1.54) is 18.4 Å². The third-order valence-corrected chi connectivity index (χ3v) is 5.43. The van der Waals surface area contributed by atoms with Crippen molar-refractivity contribution in [2.45, 2.75) is 44.6 Å². The van der Waals surface area contributed by atoms with Gasteiger partial charge in [0.25, 0.3) is 0 Å². The van der Waals surface area contributed by atoms with Crippen LogP contribution in [0.25, 0.3) is 0 Å². The zero-order chi connectivity index (χ0) is 13.8. The lowest BCUT2D eigenvalue weighted by Crippen LogP contribution is -2.32. The molecule has 0 spiro atoms. The average Bonchev–Trinajstić information content (AvgIpc) is 3.15. The molecule has 3 nitrogen and oxygen atoms in total. The molecule has 3 heterocycles. The van der Waals surface area contributed by atoms with Crippen LogP contribution in [0.3, 0.4) is 0 Å². The SMILES string of the molecule is O=C(CCC1CCNCC1)N1CCCC1c1ccsc1. The number of hydrogen-bond acceptors (Lipinski definition) is 3. The van der Waals surface area contributed by atoms with Gasteiger partial charge in [0.1, 0.15) is 0 Å². The van der Waals surface area contributed by atoms with E-state index in [0.717, 1.165) is 51.2 Å². The van der Waals surface area contributed by atoms with Crippen molar-refractivity contribution < 1.29 is 4.79 Å². The molecule has 1 amide bonds. The van der Waals surface area contributed by atoms with Crippen molar-refractivity contribution in [3.8, 4) is 0 Å². The zero-order valence-corrected chi connectivity index (χ0v) is 12.8. The molecule has 20 heavy (non-hydrogen) atoms. The van der Waals surface area contributed by atoms with Gasteiger partial charge < -0.3 is 10.2 Å². The van der Waals surface area contributed by atoms with E-state index < -0.39 is 0 Å². The van der Waals surface area contributed by atoms with Crippen LogP contribution in [0.4, 0.5) is 0 Å². The number of hydrogen-bond donors (Lipinski definition) is 1. The van der Waals surface area contributed by atoms with Crippen molar-refractivity contribution in [2.75, 3.05) is 19.6 Å². The number of nitrogens with one attached hydrogen (secondary N) is 1. The van der Waals surface area contributed by atoms with Gasteiger partial charge >= 0.3 is 0 Å². The highest BCUT2D eigenvalue weighted by Crippen LogP contribution is 2.34. The Morgan fingerprint density at radius 2 is 2.20 bits per heavy atom. The standard InChI is InChI=1S/C16H24N2OS/c19-16(4-3-13-5-8-17-9-6-13)18-10-1-2-15(18)14-7-11-20-12-14/h7,11-13,15,17H,1-6,8-10H2. The van der Waals surface area contributed by atoms with Crippen LogP contribution in [0.1, 0.15) is 50.1 Å². The van der Waals surface area contributed by atoms with E-state index in [4.69, 9.17) is 0 Å². The number of piperidine rings is 1. The normalized spacial score (nSPS) is 24.2. The summed E-state index contributed by atoms with van der Waals surface area (Å²) in [4.78, 5) is 14.6. The van der Waals surface area contributed by atoms with Crippen LogP contribution in [0.2, 0.25) is 0 Å². The second-order valence-electron chi connectivity index (χ2n) is 6.03. The molecule has 2 saturated heterocycles. The van der Waals surface area contributed by atoms with Gasteiger partial charge in [-0.3, -0.25) is 4.79 Å². The van der Waals surface area contributed by atoms with Gasteiger partial charge in [-0.1, -0.05) is 0 Å². The van der Waals surface area contributed by atoms with E-state index in [9.17, 15) is 4.79 Å². The maximum absolute atomic E-state index is 12.5. The summed E-state index contributed by atoms with van der Waals surface area (Å²) in [5.41, 5.74) is 1.34. The molecule has 2 fully saturated rings. The predicted octanol–water partition coefficient (Wildman–Crippen LogP) is 3.19. The van der Waals surface area contributed by atoms with Crippen molar-refractivity contribution in [2.24, 2.45) is 5.92 Å². The van der Waals surface area contributed by atoms with E-state index in [-0.39, 0.29) is 0 Å². The summed E-state index contributed by atoms with van der Waals surface area (Å²) in [6.45, 7) is 3.20. The number of nitrogens with zero attached hydrogens (tertiary/aromatic N) is 1. The quantitative estimate of drug-likeness (QED) is 0.924. The van der Waals surface area contributed by atoms with Gasteiger partial charge in [-0.2, -0.15) is 11.3 Å². The number of carbonyl (C=O) groups is 1. The second-order valence-corrected chi connectivity index (χ2v) is 6.81. The van der Waals surface area contributed by atoms with Crippen LogP contribution in [0.15, 0.2) is 16.8 Å². The zero-order valence-electron chi connectivity index (χ0n) is 12.0. The number of amides is 1. The number of likely N-dealkylation sites (tertiary alicyclic amines) is 1. The molecule has 0 aromatic carbocycles. The molecule has 1 aromatic rings. The Morgan fingerprint density at radius 1 is 1.35 bits per heavy atom. The number of thiophene rings is 1. The Bertz CT molecular complexity index is 426. The molecule has 110 valence electrons. The smallest absolute Gasteiger partial charge is 0.223 e. The van der Waals surface area contributed by atoms with E-state index >= 15 is 0 Å². The predicted molar refractivity (Wildman–Crippen MR) is 82.8 cm³/mol. The molecular weight excluding hydrogens is 268 g/mol. The van der Waals surface area contributed by atoms with Gasteiger partial charge in [0.05, 0.1) is 6.04 Å². The summed E-state index contributed by atoms with van der Waals surface area (Å²) >= 11 is 1.73. The first-order valence-electron chi connectivity index (χ1n) is 7.87. The highest BCUT2D eigenvalue weighted by atomic mass is 32.1. The van der Waals surface area contributed by atoms with Crippen molar-refractivity contribution >= 4 is 17.2 Å². The highest BCUT2D eigenvalue weighted by Gasteiger charge is 2.30. The minimum absolute atomic E-state index is 0.349. The number of carbonyl (C=O) groups excluding carboxylic acids is 1. The Balaban J connectivity index is 1.53. The summed E-state index contributed by atoms with van der Waals surface area (Å²) in [5.74, 6) is 1.12. The van der Waals surface area contributed by atoms with E-state index in [0.29, 0.717) is 11.9 Å². The van der Waals surface area contributed by atoms with Crippen LogP contribution < -0.4 is 5.32 Å². The van der Waals surface area contributed by atoms with Gasteiger partial charge in [0, 0.05) is 13.0 Å². The van der Waals surface area contributed by atoms with Crippen LogP contribution in [-0.4, -0.2) is 30.4 Å². The van der Waals surface area contributed by atoms with Gasteiger partial charge in [-0.05, 0) is 73.5 Å². The summed E-state index contributed by atoms with van der Waals surface area (Å²) in [6.07, 6.45) is 6.58. The monoisotopic (exact) mass is 292 g/mol. The largest absolute Gasteiger partial charge is 0.336 e. The molecule has 2 aliphatic heterocycles. The Kier molecular flexibility index (Phi) is 4.73. The number of rotatable bonds is 4. The lowest BCUT2D eigenvalue weighted by atomic mass is 9.93. The van der Waals surface area contributed by atoms with Gasteiger partial charge in [-0.15, -0.1) is 0 Å². The molecule has 4 heteroatoms. The van der Waals surface area contributed by atoms with Crippen molar-refractivity contribution in [1.82, 2.24) is 10.2 Å². The third-order valence-electron chi connectivity index (χ3n) is 4.73. The lowest BCUT2D eigenvalue weighted by molar-refractivity contribution is -0.132. The van der Waals surface area contributed by atoms with Gasteiger partial charge in [0.15, 0.2) is 0 Å². The van der Waals surface area contributed by atoms with E-state index in [1.807, 2.05) is 0 Å². The molecule has 3 rings (SSSR count). The van der Waals surface area contributed by atoms with Crippen LogP contribution in [-0.2, 0) is 4.79 Å². The molecule has 1 aromatic heterocycles. The molecule has 1 N–H and O–H groups in total. The molecule has 2 aliphatic rings. The first kappa shape index (κ1) is 14.1. The molecule has 0 radical (unpaired) electrons.